The summed E-state index contributed by atoms with van der Waals surface area (Å²) in [6.45, 7) is 0. The third-order valence-corrected chi connectivity index (χ3v) is 3.15. The van der Waals surface area contributed by atoms with Crippen molar-refractivity contribution >= 4 is 40.8 Å². The Balaban J connectivity index is 2.41. The van der Waals surface area contributed by atoms with E-state index >= 15 is 0 Å². The van der Waals surface area contributed by atoms with Crippen molar-refractivity contribution < 1.29 is 19.1 Å². The number of amides is 1. The molecule has 0 saturated heterocycles. The van der Waals surface area contributed by atoms with Crippen molar-refractivity contribution in [3.63, 3.8) is 0 Å². The molecule has 8 heteroatoms. The molecule has 1 amide bonds. The van der Waals surface area contributed by atoms with E-state index in [4.69, 9.17) is 28.3 Å². The van der Waals surface area contributed by atoms with Crippen LogP contribution in [0.4, 0.5) is 5.69 Å². The smallest absolute Gasteiger partial charge is 0.339 e. The van der Waals surface area contributed by atoms with Gasteiger partial charge < -0.3 is 14.8 Å². The fraction of sp³-hybridized carbons (Fsp3) is 0. The fourth-order valence-corrected chi connectivity index (χ4v) is 2.00. The number of hydrogen-bond acceptors (Lipinski definition) is 4. The van der Waals surface area contributed by atoms with Crippen LogP contribution in [0.5, 0.6) is 0 Å². The number of hydrogen-bond donors (Lipinski definition) is 2. The van der Waals surface area contributed by atoms with Crippen molar-refractivity contribution in [1.82, 2.24) is 0 Å². The van der Waals surface area contributed by atoms with E-state index in [1.807, 2.05) is 0 Å². The maximum atomic E-state index is 12.0. The summed E-state index contributed by atoms with van der Waals surface area (Å²) in [6, 6.07) is 4.97. The van der Waals surface area contributed by atoms with Crippen molar-refractivity contribution in [3.8, 4) is 0 Å². The lowest BCUT2D eigenvalue weighted by Crippen LogP contribution is -2.16. The maximum Gasteiger partial charge on any atom is 0.339 e. The van der Waals surface area contributed by atoms with Gasteiger partial charge in [-0.1, -0.05) is 23.2 Å². The van der Waals surface area contributed by atoms with E-state index in [1.165, 1.54) is 18.2 Å². The minimum atomic E-state index is -1.34. The molecule has 0 bridgehead atoms. The molecule has 0 unspecified atom stereocenters. The minimum absolute atomic E-state index is 0.0162. The second kappa shape index (κ2) is 5.99. The molecule has 0 spiro atoms. The first-order valence-electron chi connectivity index (χ1n) is 5.51. The Hall–Kier alpha value is -2.31. The molecule has 0 atom stereocenters. The Kier molecular flexibility index (Phi) is 4.30. The molecule has 1 aromatic carbocycles. The molecular weight excluding hydrogens is 321 g/mol. The van der Waals surface area contributed by atoms with Gasteiger partial charge in [0.2, 0.25) is 0 Å². The molecule has 0 fully saturated rings. The highest BCUT2D eigenvalue weighted by atomic mass is 35.5. The van der Waals surface area contributed by atoms with Gasteiger partial charge in [-0.05, 0) is 18.2 Å². The van der Waals surface area contributed by atoms with Crippen LogP contribution >= 0.6 is 23.2 Å². The first-order valence-corrected chi connectivity index (χ1v) is 6.27. The molecule has 0 saturated carbocycles. The monoisotopic (exact) mass is 327 g/mol. The molecule has 108 valence electrons. The van der Waals surface area contributed by atoms with E-state index in [0.29, 0.717) is 0 Å². The summed E-state index contributed by atoms with van der Waals surface area (Å²) in [5, 5.41) is 11.4. The summed E-state index contributed by atoms with van der Waals surface area (Å²) >= 11 is 11.7. The van der Waals surface area contributed by atoms with Gasteiger partial charge in [0.25, 0.3) is 5.91 Å². The highest BCUT2D eigenvalue weighted by Crippen LogP contribution is 2.32. The molecular formula is C13H7Cl2NO5. The SMILES string of the molecule is O=C(Nc1c(Cl)ccc(Cl)c1C(=O)O)c1ccc(=O)oc1. The van der Waals surface area contributed by atoms with Gasteiger partial charge in [0.1, 0.15) is 11.8 Å². The van der Waals surface area contributed by atoms with Crippen LogP contribution in [-0.4, -0.2) is 17.0 Å². The van der Waals surface area contributed by atoms with E-state index in [9.17, 15) is 14.4 Å². The standard InChI is InChI=1S/C13H7Cl2NO5/c14-7-2-3-8(15)11(10(7)13(19)20)16-12(18)6-1-4-9(17)21-5-6/h1-5H,(H,16,18)(H,19,20). The summed E-state index contributed by atoms with van der Waals surface area (Å²) in [7, 11) is 0. The minimum Gasteiger partial charge on any atom is -0.478 e. The van der Waals surface area contributed by atoms with E-state index in [1.54, 1.807) is 0 Å². The Morgan fingerprint density at radius 2 is 1.76 bits per heavy atom. The number of anilines is 1. The van der Waals surface area contributed by atoms with Gasteiger partial charge in [0.15, 0.2) is 0 Å². The van der Waals surface area contributed by atoms with Gasteiger partial charge >= 0.3 is 11.6 Å². The second-order valence-electron chi connectivity index (χ2n) is 3.88. The molecule has 2 aromatic rings. The number of nitrogens with one attached hydrogen (secondary N) is 1. The number of benzene rings is 1. The molecule has 6 nitrogen and oxygen atoms in total. The summed E-state index contributed by atoms with van der Waals surface area (Å²) in [6.07, 6.45) is 0.955. The number of carbonyl (C=O) groups excluding carboxylic acids is 1. The van der Waals surface area contributed by atoms with Crippen molar-refractivity contribution in [2.45, 2.75) is 0 Å². The number of carboxylic acids is 1. The van der Waals surface area contributed by atoms with Gasteiger partial charge in [0.05, 0.1) is 21.3 Å². The second-order valence-corrected chi connectivity index (χ2v) is 4.70. The Morgan fingerprint density at radius 3 is 2.33 bits per heavy atom. The predicted molar refractivity (Wildman–Crippen MR) is 76.4 cm³/mol. The van der Waals surface area contributed by atoms with E-state index in [0.717, 1.165) is 12.3 Å². The molecule has 2 rings (SSSR count). The van der Waals surface area contributed by atoms with Gasteiger partial charge in [-0.25, -0.2) is 9.59 Å². The molecule has 0 aliphatic heterocycles. The quantitative estimate of drug-likeness (QED) is 0.903. The lowest BCUT2D eigenvalue weighted by atomic mass is 10.1. The average Bonchev–Trinajstić information content (AvgIpc) is 2.43. The van der Waals surface area contributed by atoms with Crippen molar-refractivity contribution in [1.29, 1.82) is 0 Å². The zero-order valence-electron chi connectivity index (χ0n) is 10.2. The van der Waals surface area contributed by atoms with Gasteiger partial charge in [0, 0.05) is 6.07 Å². The summed E-state index contributed by atoms with van der Waals surface area (Å²) < 4.78 is 4.56. The first-order chi connectivity index (χ1) is 9.90. The average molecular weight is 328 g/mol. The lowest BCUT2D eigenvalue weighted by molar-refractivity contribution is 0.0698. The van der Waals surface area contributed by atoms with E-state index < -0.39 is 17.5 Å². The number of carbonyl (C=O) groups is 2. The number of rotatable bonds is 3. The Bertz CT molecular complexity index is 764. The normalized spacial score (nSPS) is 10.2. The summed E-state index contributed by atoms with van der Waals surface area (Å²) in [4.78, 5) is 34.0. The van der Waals surface area contributed by atoms with Crippen LogP contribution in [0.25, 0.3) is 0 Å². The van der Waals surface area contributed by atoms with Crippen molar-refractivity contribution in [2.75, 3.05) is 5.32 Å². The van der Waals surface area contributed by atoms with Gasteiger partial charge in [-0.15, -0.1) is 0 Å². The first kappa shape index (κ1) is 15.1. The summed E-state index contributed by atoms with van der Waals surface area (Å²) in [5.41, 5.74) is -1.04. The Morgan fingerprint density at radius 1 is 1.10 bits per heavy atom. The zero-order chi connectivity index (χ0) is 15.6. The third kappa shape index (κ3) is 3.24. The molecule has 1 aromatic heterocycles. The molecule has 2 N–H and O–H groups in total. The highest BCUT2D eigenvalue weighted by molar-refractivity contribution is 6.38. The number of aromatic carboxylic acids is 1. The predicted octanol–water partition coefficient (Wildman–Crippen LogP) is 2.90. The van der Waals surface area contributed by atoms with E-state index in [2.05, 4.69) is 9.73 Å². The number of halogens is 2. The largest absolute Gasteiger partial charge is 0.478 e. The third-order valence-electron chi connectivity index (χ3n) is 2.52. The van der Waals surface area contributed by atoms with Crippen LogP contribution in [0.2, 0.25) is 10.0 Å². The van der Waals surface area contributed by atoms with Crippen LogP contribution in [-0.2, 0) is 0 Å². The van der Waals surface area contributed by atoms with Crippen LogP contribution in [0.3, 0.4) is 0 Å². The topological polar surface area (TPSA) is 96.6 Å². The van der Waals surface area contributed by atoms with Gasteiger partial charge in [-0.2, -0.15) is 0 Å². The van der Waals surface area contributed by atoms with E-state index in [-0.39, 0.29) is 26.9 Å². The van der Waals surface area contributed by atoms with Crippen LogP contribution in [0, 0.1) is 0 Å². The molecule has 0 aliphatic carbocycles. The lowest BCUT2D eigenvalue weighted by Gasteiger charge is -2.11. The van der Waals surface area contributed by atoms with Crippen molar-refractivity contribution in [3.05, 3.63) is 62.1 Å². The Labute approximate surface area is 127 Å². The van der Waals surface area contributed by atoms with Crippen LogP contribution < -0.4 is 10.9 Å². The molecule has 21 heavy (non-hydrogen) atoms. The molecule has 1 heterocycles. The van der Waals surface area contributed by atoms with Gasteiger partial charge in [-0.3, -0.25) is 4.79 Å². The van der Waals surface area contributed by atoms with Crippen molar-refractivity contribution in [2.24, 2.45) is 0 Å². The molecule has 0 aliphatic rings. The van der Waals surface area contributed by atoms with Crippen LogP contribution in [0.15, 0.2) is 39.7 Å². The maximum absolute atomic E-state index is 12.0. The fourth-order valence-electron chi connectivity index (χ4n) is 1.56. The number of carboxylic acid groups (broad SMARTS) is 1. The zero-order valence-corrected chi connectivity index (χ0v) is 11.7. The van der Waals surface area contributed by atoms with Crippen LogP contribution in [0.1, 0.15) is 20.7 Å². The summed E-state index contributed by atoms with van der Waals surface area (Å²) in [5.74, 6) is -2.03. The highest BCUT2D eigenvalue weighted by Gasteiger charge is 2.20. The molecule has 0 radical (unpaired) electrons.